The highest BCUT2D eigenvalue weighted by Crippen LogP contribution is 2.49. The molecule has 0 spiro atoms. The Kier molecular flexibility index (Phi) is 8.87. The van der Waals surface area contributed by atoms with E-state index in [0.29, 0.717) is 0 Å². The molecule has 0 saturated heterocycles. The molecular weight excluding hydrogens is 725 g/mol. The average Bonchev–Trinajstić information content (AvgIpc) is 3.67. The Morgan fingerprint density at radius 3 is 1.57 bits per heavy atom. The zero-order valence-corrected chi connectivity index (χ0v) is 33.0. The molecule has 0 fully saturated rings. The lowest BCUT2D eigenvalue weighted by atomic mass is 9.87. The summed E-state index contributed by atoms with van der Waals surface area (Å²) < 4.78 is 2.39. The van der Waals surface area contributed by atoms with Gasteiger partial charge in [0.25, 0.3) is 0 Å². The highest BCUT2D eigenvalue weighted by molar-refractivity contribution is 6.16. The van der Waals surface area contributed by atoms with Gasteiger partial charge >= 0.3 is 0 Å². The Morgan fingerprint density at radius 2 is 0.800 bits per heavy atom. The van der Waals surface area contributed by atoms with Crippen LogP contribution in [0.1, 0.15) is 0 Å². The summed E-state index contributed by atoms with van der Waals surface area (Å²) in [6.07, 6.45) is 0. The Balaban J connectivity index is 1.15. The van der Waals surface area contributed by atoms with Crippen LogP contribution in [0.2, 0.25) is 0 Å². The predicted octanol–water partition coefficient (Wildman–Crippen LogP) is 16.1. The molecule has 0 saturated carbocycles. The number of hydrogen-bond acceptors (Lipinski definition) is 1. The van der Waals surface area contributed by atoms with Crippen molar-refractivity contribution in [3.8, 4) is 50.2 Å². The first kappa shape index (κ1) is 35.2. The first-order valence-corrected chi connectivity index (χ1v) is 20.6. The van der Waals surface area contributed by atoms with Gasteiger partial charge in [-0.1, -0.05) is 194 Å². The monoisotopic (exact) mass is 764 g/mol. The molecule has 0 amide bonds. The maximum atomic E-state index is 2.47. The van der Waals surface area contributed by atoms with E-state index >= 15 is 0 Å². The summed E-state index contributed by atoms with van der Waals surface area (Å²) in [7, 11) is 0. The predicted molar refractivity (Wildman–Crippen MR) is 255 cm³/mol. The quantitative estimate of drug-likeness (QED) is 0.150. The molecule has 0 N–H and O–H groups in total. The summed E-state index contributed by atoms with van der Waals surface area (Å²) in [5, 5.41) is 4.89. The van der Waals surface area contributed by atoms with Gasteiger partial charge in [-0.3, -0.25) is 0 Å². The van der Waals surface area contributed by atoms with E-state index in [1.165, 1.54) is 77.1 Å². The number of hydrogen-bond donors (Lipinski definition) is 0. The molecule has 0 unspecified atom stereocenters. The van der Waals surface area contributed by atoms with E-state index in [0.717, 1.165) is 22.7 Å². The van der Waals surface area contributed by atoms with Crippen molar-refractivity contribution in [2.75, 3.05) is 4.90 Å². The Labute approximate surface area is 350 Å². The molecule has 2 nitrogen and oxygen atoms in total. The molecule has 0 bridgehead atoms. The van der Waals surface area contributed by atoms with Gasteiger partial charge in [0.15, 0.2) is 0 Å². The van der Waals surface area contributed by atoms with Crippen LogP contribution in [-0.4, -0.2) is 4.57 Å². The molecule has 1 aromatic heterocycles. The molecule has 11 rings (SSSR count). The van der Waals surface area contributed by atoms with Gasteiger partial charge in [-0.25, -0.2) is 0 Å². The largest absolute Gasteiger partial charge is 0.309 e. The van der Waals surface area contributed by atoms with Crippen molar-refractivity contribution < 1.29 is 0 Å². The fourth-order valence-corrected chi connectivity index (χ4v) is 9.15. The lowest BCUT2D eigenvalue weighted by molar-refractivity contribution is 1.18. The van der Waals surface area contributed by atoms with Gasteiger partial charge in [-0.05, 0) is 92.9 Å². The van der Waals surface area contributed by atoms with Crippen molar-refractivity contribution in [3.63, 3.8) is 0 Å². The van der Waals surface area contributed by atoms with Gasteiger partial charge in [0.2, 0.25) is 0 Å². The summed E-state index contributed by atoms with van der Waals surface area (Å²) in [6.45, 7) is 0. The molecule has 60 heavy (non-hydrogen) atoms. The minimum absolute atomic E-state index is 1.08. The second-order valence-corrected chi connectivity index (χ2v) is 15.2. The van der Waals surface area contributed by atoms with E-state index in [9.17, 15) is 0 Å². The molecule has 0 radical (unpaired) electrons. The highest BCUT2D eigenvalue weighted by atomic mass is 15.1. The molecular formula is C58H40N2. The third kappa shape index (κ3) is 6.06. The lowest BCUT2D eigenvalue weighted by Gasteiger charge is -2.31. The first-order chi connectivity index (χ1) is 29.8. The summed E-state index contributed by atoms with van der Waals surface area (Å²) in [4.78, 5) is 2.47. The maximum absolute atomic E-state index is 2.47. The van der Waals surface area contributed by atoms with E-state index in [2.05, 4.69) is 252 Å². The number of anilines is 3. The van der Waals surface area contributed by atoms with Gasteiger partial charge in [0, 0.05) is 33.1 Å². The number of fused-ring (bicyclic) bond motifs is 4. The van der Waals surface area contributed by atoms with Crippen LogP contribution in [0.4, 0.5) is 17.1 Å². The first-order valence-electron chi connectivity index (χ1n) is 20.6. The van der Waals surface area contributed by atoms with Gasteiger partial charge < -0.3 is 9.47 Å². The number of para-hydroxylation sites is 2. The summed E-state index contributed by atoms with van der Waals surface area (Å²) in [6, 6.07) is 87.9. The van der Waals surface area contributed by atoms with Gasteiger partial charge in [0.1, 0.15) is 0 Å². The topological polar surface area (TPSA) is 8.17 Å². The van der Waals surface area contributed by atoms with Crippen molar-refractivity contribution >= 4 is 49.6 Å². The maximum Gasteiger partial charge on any atom is 0.0547 e. The zero-order chi connectivity index (χ0) is 39.8. The number of benzene rings is 10. The van der Waals surface area contributed by atoms with Gasteiger partial charge in [-0.2, -0.15) is 0 Å². The third-order valence-corrected chi connectivity index (χ3v) is 11.8. The fraction of sp³-hybridized carbons (Fsp3) is 0. The van der Waals surface area contributed by atoms with Crippen molar-refractivity contribution in [2.24, 2.45) is 0 Å². The van der Waals surface area contributed by atoms with Crippen molar-refractivity contribution in [2.45, 2.75) is 0 Å². The van der Waals surface area contributed by atoms with Crippen LogP contribution in [-0.2, 0) is 0 Å². The van der Waals surface area contributed by atoms with Crippen LogP contribution in [0.3, 0.4) is 0 Å². The molecule has 2 heteroatoms. The minimum atomic E-state index is 1.08. The smallest absolute Gasteiger partial charge is 0.0547 e. The third-order valence-electron chi connectivity index (χ3n) is 11.8. The summed E-state index contributed by atoms with van der Waals surface area (Å²) >= 11 is 0. The van der Waals surface area contributed by atoms with E-state index < -0.39 is 0 Å². The Bertz CT molecular complexity index is 3290. The van der Waals surface area contributed by atoms with E-state index in [4.69, 9.17) is 0 Å². The lowest BCUT2D eigenvalue weighted by Crippen LogP contribution is -2.12. The Morgan fingerprint density at radius 1 is 0.300 bits per heavy atom. The molecule has 11 aromatic rings. The molecule has 282 valence electrons. The van der Waals surface area contributed by atoms with Crippen LogP contribution in [0.5, 0.6) is 0 Å². The molecule has 10 aromatic carbocycles. The van der Waals surface area contributed by atoms with E-state index in [-0.39, 0.29) is 0 Å². The molecule has 0 aliphatic rings. The molecule has 0 aliphatic carbocycles. The molecule has 1 heterocycles. The van der Waals surface area contributed by atoms with Crippen molar-refractivity contribution in [3.05, 3.63) is 243 Å². The second kappa shape index (κ2) is 15.1. The van der Waals surface area contributed by atoms with E-state index in [1.807, 2.05) is 0 Å². The van der Waals surface area contributed by atoms with Gasteiger partial charge in [-0.15, -0.1) is 0 Å². The van der Waals surface area contributed by atoms with Crippen LogP contribution < -0.4 is 4.90 Å². The number of nitrogens with zero attached hydrogens (tertiary/aromatic N) is 2. The van der Waals surface area contributed by atoms with Crippen molar-refractivity contribution in [1.29, 1.82) is 0 Å². The zero-order valence-electron chi connectivity index (χ0n) is 33.0. The standard InChI is InChI=1S/C58H40N2/c1-4-19-41(20-5-1)47-27-12-13-29-51(47)57-49(43-21-6-2-7-22-43)31-17-35-55(57)60(53-34-16-24-42-23-10-11-28-48(42)53)46-39-37-44(38-40-46)50-32-18-36-56-58(50)52-30-14-15-33-54(52)59(56)45-25-8-3-9-26-45/h1-40H. The summed E-state index contributed by atoms with van der Waals surface area (Å²) in [5.74, 6) is 0. The average molecular weight is 765 g/mol. The second-order valence-electron chi connectivity index (χ2n) is 15.2. The number of aromatic nitrogens is 1. The highest BCUT2D eigenvalue weighted by Gasteiger charge is 2.24. The number of rotatable bonds is 8. The van der Waals surface area contributed by atoms with Gasteiger partial charge in [0.05, 0.1) is 22.4 Å². The minimum Gasteiger partial charge on any atom is -0.309 e. The van der Waals surface area contributed by atoms with Crippen LogP contribution in [0.15, 0.2) is 243 Å². The fourth-order valence-electron chi connectivity index (χ4n) is 9.15. The van der Waals surface area contributed by atoms with Crippen LogP contribution in [0, 0.1) is 0 Å². The normalized spacial score (nSPS) is 11.3. The summed E-state index contributed by atoms with van der Waals surface area (Å²) in [5.41, 5.74) is 16.3. The van der Waals surface area contributed by atoms with Crippen molar-refractivity contribution in [1.82, 2.24) is 4.57 Å². The van der Waals surface area contributed by atoms with Crippen LogP contribution in [0.25, 0.3) is 82.8 Å². The molecule has 0 aliphatic heterocycles. The SMILES string of the molecule is c1ccc(-c2ccccc2-c2c(-c3ccccc3)cccc2N(c2ccc(-c3cccc4c3c3ccccc3n4-c3ccccc3)cc2)c2cccc3ccccc23)cc1. The molecule has 0 atom stereocenters. The Hall–Kier alpha value is -7.94. The van der Waals surface area contributed by atoms with Crippen LogP contribution >= 0.6 is 0 Å². The van der Waals surface area contributed by atoms with E-state index in [1.54, 1.807) is 0 Å².